The predicted octanol–water partition coefficient (Wildman–Crippen LogP) is -5.92. The van der Waals surface area contributed by atoms with Crippen molar-refractivity contribution in [2.75, 3.05) is 6.61 Å². The molecule has 0 rings (SSSR count). The molecule has 0 bridgehead atoms. The number of aliphatic hydroxyl groups is 1. The first-order valence-electron chi connectivity index (χ1n) is 3.55. The molecule has 0 amide bonds. The van der Waals surface area contributed by atoms with E-state index in [4.69, 9.17) is 22.6 Å². The minimum Gasteiger partial charge on any atom is -0.759 e. The van der Waals surface area contributed by atoms with Crippen molar-refractivity contribution in [3.63, 3.8) is 0 Å². The maximum absolute atomic E-state index is 8.52. The van der Waals surface area contributed by atoms with Gasteiger partial charge in [0.15, 0.2) is 0 Å². The van der Waals surface area contributed by atoms with Crippen LogP contribution >= 0.6 is 0 Å². The van der Waals surface area contributed by atoms with Gasteiger partial charge in [-0.2, -0.15) is 0 Å². The average Bonchev–Trinajstić information content (AvgIpc) is 1.79. The van der Waals surface area contributed by atoms with Crippen LogP contribution < -0.4 is 59.1 Å². The topological polar surface area (TPSA) is 100 Å². The van der Waals surface area contributed by atoms with Crippen LogP contribution in [0, 0.1) is 5.92 Å². The number of aliphatic hydroxyl groups excluding tert-OH is 1. The van der Waals surface area contributed by atoms with E-state index in [9.17, 15) is 0 Å². The summed E-state index contributed by atoms with van der Waals surface area (Å²) >= 11 is 0. The largest absolute Gasteiger partial charge is 1.00 e. The Kier molecular flexibility index (Phi) is 26.4. The zero-order valence-electron chi connectivity index (χ0n) is 9.19. The second-order valence-electron chi connectivity index (χ2n) is 2.67. The molecule has 0 heterocycles. The van der Waals surface area contributed by atoms with Crippen molar-refractivity contribution < 1.29 is 81.7 Å². The second kappa shape index (κ2) is 14.8. The minimum atomic E-state index is -5.17. The van der Waals surface area contributed by atoms with Gasteiger partial charge in [0, 0.05) is 17.0 Å². The Hall–Kier alpha value is 1.83. The van der Waals surface area contributed by atoms with Gasteiger partial charge in [-0.05, 0) is 18.8 Å². The smallest absolute Gasteiger partial charge is 0.759 e. The summed E-state index contributed by atoms with van der Waals surface area (Å²) < 4.78 is 34.1. The van der Waals surface area contributed by atoms with Crippen LogP contribution in [0.3, 0.4) is 0 Å². The van der Waals surface area contributed by atoms with E-state index in [0.717, 1.165) is 18.8 Å². The zero-order chi connectivity index (χ0) is 10.2. The van der Waals surface area contributed by atoms with Crippen LogP contribution in [-0.2, 0) is 10.4 Å². The summed E-state index contributed by atoms with van der Waals surface area (Å²) in [7, 11) is -5.17. The molecule has 5 nitrogen and oxygen atoms in total. The molecule has 0 radical (unpaired) electrons. The van der Waals surface area contributed by atoms with Crippen LogP contribution in [0.15, 0.2) is 0 Å². The first-order chi connectivity index (χ1) is 5.27. The van der Waals surface area contributed by atoms with Gasteiger partial charge in [-0.1, -0.05) is 13.8 Å². The summed E-state index contributed by atoms with van der Waals surface area (Å²) in [5.41, 5.74) is 0. The van der Waals surface area contributed by atoms with Gasteiger partial charge in [0.1, 0.15) is 0 Å². The molecular weight excluding hydrogens is 230 g/mol. The van der Waals surface area contributed by atoms with Gasteiger partial charge < -0.3 is 14.2 Å². The fraction of sp³-hybridized carbons (Fsp3) is 1.00. The van der Waals surface area contributed by atoms with E-state index in [-0.39, 0.29) is 59.1 Å². The number of rotatable bonds is 3. The van der Waals surface area contributed by atoms with Crippen molar-refractivity contribution in [1.82, 2.24) is 0 Å². The van der Waals surface area contributed by atoms with Gasteiger partial charge in [-0.15, -0.1) is 0 Å². The van der Waals surface area contributed by atoms with E-state index >= 15 is 0 Å². The third-order valence-corrected chi connectivity index (χ3v) is 0.940. The van der Waals surface area contributed by atoms with Crippen LogP contribution in [0.25, 0.3) is 0 Å². The maximum Gasteiger partial charge on any atom is 1.00 e. The molecule has 0 aliphatic carbocycles. The van der Waals surface area contributed by atoms with Gasteiger partial charge in [0.25, 0.3) is 0 Å². The molecule has 0 aliphatic heterocycles. The SMILES string of the molecule is CC(C)CCCO.O=S(=O)([O-])[O-].[Na+].[Na+]. The van der Waals surface area contributed by atoms with Crippen molar-refractivity contribution in [2.24, 2.45) is 5.92 Å². The maximum atomic E-state index is 8.52. The van der Waals surface area contributed by atoms with E-state index in [1.807, 2.05) is 0 Å². The Labute approximate surface area is 130 Å². The normalized spacial score (nSPS) is 9.29. The summed E-state index contributed by atoms with van der Waals surface area (Å²) in [4.78, 5) is 0. The van der Waals surface area contributed by atoms with E-state index < -0.39 is 10.4 Å². The molecule has 14 heavy (non-hydrogen) atoms. The average molecular weight is 244 g/mol. The van der Waals surface area contributed by atoms with Crippen molar-refractivity contribution in [3.05, 3.63) is 0 Å². The zero-order valence-corrected chi connectivity index (χ0v) is 14.0. The van der Waals surface area contributed by atoms with Crippen LogP contribution in [0.4, 0.5) is 0 Å². The number of hydrogen-bond acceptors (Lipinski definition) is 5. The van der Waals surface area contributed by atoms with Crippen molar-refractivity contribution in [1.29, 1.82) is 0 Å². The third-order valence-electron chi connectivity index (χ3n) is 0.940. The van der Waals surface area contributed by atoms with Gasteiger partial charge in [0.05, 0.1) is 0 Å². The molecule has 0 aromatic carbocycles. The first kappa shape index (κ1) is 24.9. The standard InChI is InChI=1S/C6H14O.2Na.H2O4S/c1-6(2)4-3-5-7;;;1-5(2,3)4/h6-7H,3-5H2,1-2H3;;;(H2,1,2,3,4)/q;2*+1;/p-2. The fourth-order valence-corrected chi connectivity index (χ4v) is 0.500. The molecule has 0 atom stereocenters. The Morgan fingerprint density at radius 1 is 1.21 bits per heavy atom. The molecule has 76 valence electrons. The molecule has 0 aromatic heterocycles. The van der Waals surface area contributed by atoms with Crippen molar-refractivity contribution in [3.8, 4) is 0 Å². The third kappa shape index (κ3) is 67.0. The van der Waals surface area contributed by atoms with Crippen LogP contribution in [-0.4, -0.2) is 29.2 Å². The molecule has 0 spiro atoms. The monoisotopic (exact) mass is 244 g/mol. The first-order valence-corrected chi connectivity index (χ1v) is 4.88. The van der Waals surface area contributed by atoms with E-state index in [2.05, 4.69) is 13.8 Å². The molecule has 0 aromatic rings. The molecular formula is C6H14Na2O5S. The molecule has 0 aliphatic rings. The summed E-state index contributed by atoms with van der Waals surface area (Å²) in [5.74, 6) is 0.743. The minimum absolute atomic E-state index is 0. The molecule has 0 fully saturated rings. The summed E-state index contributed by atoms with van der Waals surface area (Å²) in [5, 5.41) is 8.32. The van der Waals surface area contributed by atoms with Gasteiger partial charge in [-0.25, -0.2) is 0 Å². The van der Waals surface area contributed by atoms with Crippen molar-refractivity contribution in [2.45, 2.75) is 26.7 Å². The second-order valence-corrected chi connectivity index (χ2v) is 3.48. The molecule has 0 saturated heterocycles. The van der Waals surface area contributed by atoms with E-state index in [1.54, 1.807) is 0 Å². The Morgan fingerprint density at radius 3 is 1.57 bits per heavy atom. The van der Waals surface area contributed by atoms with Crippen molar-refractivity contribution >= 4 is 10.4 Å². The summed E-state index contributed by atoms with van der Waals surface area (Å²) in [6.45, 7) is 4.67. The predicted molar refractivity (Wildman–Crippen MR) is 41.6 cm³/mol. The summed E-state index contributed by atoms with van der Waals surface area (Å²) in [6.07, 6.45) is 2.11. The Morgan fingerprint density at radius 2 is 1.50 bits per heavy atom. The summed E-state index contributed by atoms with van der Waals surface area (Å²) in [6, 6.07) is 0. The fourth-order valence-electron chi connectivity index (χ4n) is 0.500. The molecule has 1 N–H and O–H groups in total. The molecule has 0 saturated carbocycles. The molecule has 0 unspecified atom stereocenters. The molecule has 8 heteroatoms. The van der Waals surface area contributed by atoms with E-state index in [0.29, 0.717) is 6.61 Å². The van der Waals surface area contributed by atoms with Crippen LogP contribution in [0.1, 0.15) is 26.7 Å². The van der Waals surface area contributed by atoms with Gasteiger partial charge in [-0.3, -0.25) is 8.42 Å². The van der Waals surface area contributed by atoms with Crippen LogP contribution in [0.5, 0.6) is 0 Å². The van der Waals surface area contributed by atoms with Crippen LogP contribution in [0.2, 0.25) is 0 Å². The van der Waals surface area contributed by atoms with Gasteiger partial charge in [0.2, 0.25) is 0 Å². The van der Waals surface area contributed by atoms with E-state index in [1.165, 1.54) is 0 Å². The Bertz CT molecular complexity index is 173. The number of hydrogen-bond donors (Lipinski definition) is 1. The quantitative estimate of drug-likeness (QED) is 0.303. The Balaban J connectivity index is -0.0000000651. The van der Waals surface area contributed by atoms with Gasteiger partial charge >= 0.3 is 59.1 Å².